The number of hydrogen-bond donors (Lipinski definition) is 3. The third-order valence-electron chi connectivity index (χ3n) is 1.76. The first-order valence-electron chi connectivity index (χ1n) is 3.75. The van der Waals surface area contributed by atoms with Gasteiger partial charge in [-0.05, 0) is 12.1 Å². The molecule has 0 amide bonds. The molecule has 15 heavy (non-hydrogen) atoms. The number of fused-ring (bicyclic) bond motifs is 1. The van der Waals surface area contributed by atoms with Crippen molar-refractivity contribution in [3.63, 3.8) is 0 Å². The summed E-state index contributed by atoms with van der Waals surface area (Å²) in [6.45, 7) is 0. The Bertz CT molecular complexity index is 551. The summed E-state index contributed by atoms with van der Waals surface area (Å²) in [6, 6.07) is 2.51. The van der Waals surface area contributed by atoms with Crippen LogP contribution >= 0.6 is 0 Å². The van der Waals surface area contributed by atoms with Gasteiger partial charge in [-0.15, -0.1) is 8.42 Å². The fraction of sp³-hybridized carbons (Fsp3) is 0. The molecule has 1 heterocycles. The molecule has 0 aliphatic carbocycles. The largest absolute Gasteiger partial charge is 0.504 e. The Morgan fingerprint density at radius 3 is 2.67 bits per heavy atom. The molecule has 1 aliphatic heterocycles. The van der Waals surface area contributed by atoms with Crippen molar-refractivity contribution in [2.45, 2.75) is 0 Å². The first-order valence-corrected chi connectivity index (χ1v) is 5.08. The quantitative estimate of drug-likeness (QED) is 0.449. The highest BCUT2D eigenvalue weighted by molar-refractivity contribution is 7.82. The molecule has 2 rings (SSSR count). The molecule has 1 aliphatic rings. The van der Waals surface area contributed by atoms with Crippen LogP contribution in [0.2, 0.25) is 0 Å². The van der Waals surface area contributed by atoms with Crippen molar-refractivity contribution in [3.8, 4) is 17.2 Å². The number of nitrogen functional groups attached to an aromatic ring is 1. The van der Waals surface area contributed by atoms with Gasteiger partial charge in [0.05, 0.1) is 5.56 Å². The van der Waals surface area contributed by atoms with E-state index in [1.165, 1.54) is 12.1 Å². The Hall–Kier alpha value is -1.96. The van der Waals surface area contributed by atoms with E-state index < -0.39 is 22.0 Å². The van der Waals surface area contributed by atoms with E-state index in [0.717, 1.165) is 0 Å². The van der Waals surface area contributed by atoms with Gasteiger partial charge in [0.15, 0.2) is 11.5 Å². The van der Waals surface area contributed by atoms with E-state index >= 15 is 0 Å². The van der Waals surface area contributed by atoms with Gasteiger partial charge in [-0.3, -0.25) is 5.41 Å². The van der Waals surface area contributed by atoms with E-state index in [9.17, 15) is 13.5 Å². The van der Waals surface area contributed by atoms with Gasteiger partial charge in [0.2, 0.25) is 5.75 Å². The lowest BCUT2D eigenvalue weighted by Gasteiger charge is -2.03. The highest BCUT2D eigenvalue weighted by atomic mass is 32.3. The van der Waals surface area contributed by atoms with Crippen molar-refractivity contribution in [1.29, 1.82) is 5.41 Å². The summed E-state index contributed by atoms with van der Waals surface area (Å²) < 4.78 is 30.5. The average molecular weight is 230 g/mol. The number of rotatable bonds is 1. The number of phenolic OH excluding ortho intramolecular Hbond substituents is 1. The van der Waals surface area contributed by atoms with Crippen LogP contribution in [0.4, 0.5) is 0 Å². The number of aromatic hydroxyl groups is 1. The normalized spacial score (nSPS) is 16.3. The van der Waals surface area contributed by atoms with Crippen LogP contribution in [0.15, 0.2) is 12.1 Å². The van der Waals surface area contributed by atoms with E-state index in [1.54, 1.807) is 0 Å². The molecule has 8 heteroatoms. The minimum Gasteiger partial charge on any atom is -0.504 e. The smallest absolute Gasteiger partial charge is 0.501 e. The van der Waals surface area contributed by atoms with Crippen LogP contribution in [0.5, 0.6) is 17.2 Å². The zero-order chi connectivity index (χ0) is 11.2. The van der Waals surface area contributed by atoms with Crippen LogP contribution in [0.3, 0.4) is 0 Å². The number of benzene rings is 1. The summed E-state index contributed by atoms with van der Waals surface area (Å²) in [4.78, 5) is 0. The van der Waals surface area contributed by atoms with E-state index in [0.29, 0.717) is 0 Å². The van der Waals surface area contributed by atoms with E-state index in [-0.39, 0.29) is 17.1 Å². The minimum atomic E-state index is -4.14. The van der Waals surface area contributed by atoms with Crippen molar-refractivity contribution >= 4 is 16.2 Å². The molecule has 0 saturated heterocycles. The zero-order valence-corrected chi connectivity index (χ0v) is 8.04. The summed E-state index contributed by atoms with van der Waals surface area (Å²) in [6.07, 6.45) is 0. The second kappa shape index (κ2) is 2.76. The predicted molar refractivity (Wildman–Crippen MR) is 49.3 cm³/mol. The second-order valence-electron chi connectivity index (χ2n) is 2.78. The Balaban J connectivity index is 2.63. The molecule has 0 bridgehead atoms. The highest BCUT2D eigenvalue weighted by Gasteiger charge is 2.32. The fourth-order valence-corrected chi connectivity index (χ4v) is 1.90. The molecule has 0 unspecified atom stereocenters. The molecule has 0 saturated carbocycles. The summed E-state index contributed by atoms with van der Waals surface area (Å²) in [5, 5.41) is 16.6. The maximum atomic E-state index is 10.9. The van der Waals surface area contributed by atoms with Crippen molar-refractivity contribution in [2.24, 2.45) is 5.73 Å². The van der Waals surface area contributed by atoms with Gasteiger partial charge in [-0.25, -0.2) is 0 Å². The van der Waals surface area contributed by atoms with Crippen LogP contribution in [-0.2, 0) is 10.4 Å². The third kappa shape index (κ3) is 1.44. The number of nitrogens with one attached hydrogen (secondary N) is 1. The molecule has 4 N–H and O–H groups in total. The molecule has 1 aromatic rings. The van der Waals surface area contributed by atoms with E-state index in [2.05, 4.69) is 8.37 Å². The molecule has 0 spiro atoms. The molecule has 0 aromatic heterocycles. The topological polar surface area (TPSA) is 123 Å². The Morgan fingerprint density at radius 1 is 1.40 bits per heavy atom. The second-order valence-corrected chi connectivity index (χ2v) is 3.93. The molecule has 0 radical (unpaired) electrons. The minimum absolute atomic E-state index is 0.0190. The van der Waals surface area contributed by atoms with Gasteiger partial charge >= 0.3 is 10.4 Å². The van der Waals surface area contributed by atoms with Crippen LogP contribution in [-0.4, -0.2) is 19.4 Å². The number of nitrogens with two attached hydrogens (primary N) is 1. The van der Waals surface area contributed by atoms with Crippen molar-refractivity contribution < 1.29 is 21.9 Å². The van der Waals surface area contributed by atoms with Gasteiger partial charge in [-0.1, -0.05) is 0 Å². The highest BCUT2D eigenvalue weighted by Crippen LogP contribution is 2.44. The number of phenols is 1. The molecule has 0 atom stereocenters. The molecule has 7 nitrogen and oxygen atoms in total. The van der Waals surface area contributed by atoms with Gasteiger partial charge in [0, 0.05) is 0 Å². The average Bonchev–Trinajstić information content (AvgIpc) is 2.40. The molecular formula is C7H6N2O5S. The van der Waals surface area contributed by atoms with Gasteiger partial charge in [-0.2, -0.15) is 0 Å². The number of amidine groups is 1. The fourth-order valence-electron chi connectivity index (χ4n) is 1.15. The predicted octanol–water partition coefficient (Wildman–Crippen LogP) is -0.308. The maximum absolute atomic E-state index is 10.9. The SMILES string of the molecule is N=C(N)c1ccc2c(c1O)OS(=O)(=O)O2. The molecule has 1 aromatic carbocycles. The van der Waals surface area contributed by atoms with Crippen LogP contribution in [0, 0.1) is 5.41 Å². The standard InChI is InChI=1S/C7H6N2O5S/c8-7(9)3-1-2-4-6(5(3)10)14-15(11,12)13-4/h1-2,10H,(H3,8,9). The Labute approximate surface area is 84.9 Å². The Morgan fingerprint density at radius 2 is 2.07 bits per heavy atom. The molecule has 0 fully saturated rings. The van der Waals surface area contributed by atoms with Crippen molar-refractivity contribution in [1.82, 2.24) is 0 Å². The third-order valence-corrected chi connectivity index (χ3v) is 2.52. The summed E-state index contributed by atoms with van der Waals surface area (Å²) in [5.41, 5.74) is 5.13. The lowest BCUT2D eigenvalue weighted by atomic mass is 10.1. The lowest BCUT2D eigenvalue weighted by Crippen LogP contribution is -2.11. The Kier molecular flexibility index (Phi) is 1.77. The lowest BCUT2D eigenvalue weighted by molar-refractivity contribution is 0.418. The molecular weight excluding hydrogens is 224 g/mol. The van der Waals surface area contributed by atoms with Gasteiger partial charge in [0.25, 0.3) is 0 Å². The van der Waals surface area contributed by atoms with Crippen molar-refractivity contribution in [3.05, 3.63) is 17.7 Å². The first-order chi connectivity index (χ1) is 6.91. The maximum Gasteiger partial charge on any atom is 0.501 e. The number of hydrogen-bond acceptors (Lipinski definition) is 6. The zero-order valence-electron chi connectivity index (χ0n) is 7.22. The van der Waals surface area contributed by atoms with Crippen LogP contribution < -0.4 is 14.1 Å². The van der Waals surface area contributed by atoms with E-state index in [1.807, 2.05) is 0 Å². The van der Waals surface area contributed by atoms with Crippen LogP contribution in [0.25, 0.3) is 0 Å². The van der Waals surface area contributed by atoms with Gasteiger partial charge < -0.3 is 19.2 Å². The summed E-state index contributed by atoms with van der Waals surface area (Å²) in [5.74, 6) is -1.40. The van der Waals surface area contributed by atoms with Gasteiger partial charge in [0.1, 0.15) is 5.84 Å². The monoisotopic (exact) mass is 230 g/mol. The summed E-state index contributed by atoms with van der Waals surface area (Å²) >= 11 is 0. The van der Waals surface area contributed by atoms with Crippen molar-refractivity contribution in [2.75, 3.05) is 0 Å². The first kappa shape index (κ1) is 9.59. The molecule has 80 valence electrons. The summed E-state index contributed by atoms with van der Waals surface area (Å²) in [7, 11) is -4.14. The van der Waals surface area contributed by atoms with Crippen LogP contribution in [0.1, 0.15) is 5.56 Å². The van der Waals surface area contributed by atoms with E-state index in [4.69, 9.17) is 11.1 Å².